The van der Waals surface area contributed by atoms with Crippen LogP contribution < -0.4 is 0 Å². The van der Waals surface area contributed by atoms with Gasteiger partial charge in [-0.2, -0.15) is 0 Å². The van der Waals surface area contributed by atoms with E-state index in [1.807, 2.05) is 11.8 Å². The van der Waals surface area contributed by atoms with Crippen LogP contribution in [0.2, 0.25) is 0 Å². The Bertz CT molecular complexity index is 375. The molecule has 1 aliphatic rings. The summed E-state index contributed by atoms with van der Waals surface area (Å²) in [4.78, 5) is 14.1. The Balaban J connectivity index is 2.08. The van der Waals surface area contributed by atoms with Crippen LogP contribution in [0.3, 0.4) is 0 Å². The molecule has 1 fully saturated rings. The normalized spacial score (nSPS) is 20.4. The van der Waals surface area contributed by atoms with Crippen LogP contribution in [0, 0.1) is 5.92 Å². The zero-order chi connectivity index (χ0) is 11.5. The monoisotopic (exact) mass is 285 g/mol. The van der Waals surface area contributed by atoms with E-state index in [1.54, 1.807) is 12.3 Å². The molecule has 3 nitrogen and oxygen atoms in total. The van der Waals surface area contributed by atoms with E-state index in [0.717, 1.165) is 42.6 Å². The van der Waals surface area contributed by atoms with Crippen molar-refractivity contribution in [3.8, 4) is 0 Å². The van der Waals surface area contributed by atoms with Gasteiger partial charge in [0.2, 0.25) is 0 Å². The quantitative estimate of drug-likeness (QED) is 0.800. The van der Waals surface area contributed by atoms with Gasteiger partial charge in [0, 0.05) is 24.8 Å². The number of aryl methyl sites for hydroxylation is 1. The second-order valence-electron chi connectivity index (χ2n) is 4.17. The van der Waals surface area contributed by atoms with Crippen LogP contribution in [0.5, 0.6) is 0 Å². The summed E-state index contributed by atoms with van der Waals surface area (Å²) in [5.74, 6) is 1.52. The highest BCUT2D eigenvalue weighted by molar-refractivity contribution is 9.09. The third-order valence-electron chi connectivity index (χ3n) is 3.09. The van der Waals surface area contributed by atoms with Crippen molar-refractivity contribution in [2.45, 2.75) is 19.8 Å². The molecule has 0 spiro atoms. The summed E-state index contributed by atoms with van der Waals surface area (Å²) in [5.41, 5.74) is 0.734. The molecule has 1 saturated heterocycles. The largest absolute Gasteiger partial charge is 0.469 e. The predicted molar refractivity (Wildman–Crippen MR) is 65.9 cm³/mol. The lowest BCUT2D eigenvalue weighted by Crippen LogP contribution is -2.29. The number of alkyl halides is 1. The van der Waals surface area contributed by atoms with E-state index in [1.165, 1.54) is 0 Å². The molecule has 1 aliphatic heterocycles. The number of carbonyl (C=O) groups is 1. The lowest BCUT2D eigenvalue weighted by atomic mass is 10.1. The van der Waals surface area contributed by atoms with E-state index in [2.05, 4.69) is 15.9 Å². The Kier molecular flexibility index (Phi) is 3.69. The third kappa shape index (κ3) is 2.17. The maximum atomic E-state index is 12.2. The second-order valence-corrected chi connectivity index (χ2v) is 4.82. The molecule has 1 aromatic heterocycles. The topological polar surface area (TPSA) is 33.5 Å². The Morgan fingerprint density at radius 3 is 3.12 bits per heavy atom. The van der Waals surface area contributed by atoms with Crippen molar-refractivity contribution in [2.24, 2.45) is 5.92 Å². The molecule has 0 N–H and O–H groups in total. The molecule has 1 atom stereocenters. The molecule has 1 unspecified atom stereocenters. The van der Waals surface area contributed by atoms with Gasteiger partial charge in [-0.25, -0.2) is 0 Å². The van der Waals surface area contributed by atoms with Crippen LogP contribution in [0.4, 0.5) is 0 Å². The summed E-state index contributed by atoms with van der Waals surface area (Å²) >= 11 is 3.47. The van der Waals surface area contributed by atoms with Crippen molar-refractivity contribution in [3.05, 3.63) is 23.7 Å². The number of nitrogens with zero attached hydrogens (tertiary/aromatic N) is 1. The number of hydrogen-bond donors (Lipinski definition) is 0. The van der Waals surface area contributed by atoms with E-state index in [4.69, 9.17) is 4.42 Å². The molecule has 4 heteroatoms. The van der Waals surface area contributed by atoms with Crippen molar-refractivity contribution in [3.63, 3.8) is 0 Å². The highest BCUT2D eigenvalue weighted by atomic mass is 79.9. The number of carbonyl (C=O) groups excluding carboxylic acids is 1. The first-order chi connectivity index (χ1) is 7.76. The number of amides is 1. The first kappa shape index (κ1) is 11.7. The van der Waals surface area contributed by atoms with Crippen LogP contribution in [0.15, 0.2) is 16.7 Å². The molecule has 1 amide bonds. The zero-order valence-electron chi connectivity index (χ0n) is 9.41. The molecule has 0 bridgehead atoms. The Labute approximate surface area is 104 Å². The van der Waals surface area contributed by atoms with Crippen molar-refractivity contribution in [1.82, 2.24) is 4.90 Å². The van der Waals surface area contributed by atoms with E-state index in [-0.39, 0.29) is 5.91 Å². The smallest absolute Gasteiger partial charge is 0.257 e. The molecule has 0 radical (unpaired) electrons. The van der Waals surface area contributed by atoms with Crippen molar-refractivity contribution in [2.75, 3.05) is 18.4 Å². The summed E-state index contributed by atoms with van der Waals surface area (Å²) < 4.78 is 5.29. The molecule has 88 valence electrons. The van der Waals surface area contributed by atoms with Gasteiger partial charge >= 0.3 is 0 Å². The standard InChI is InChI=1S/C12H16BrNO2/c1-2-11-10(4-6-16-11)12(15)14-5-3-9(7-13)8-14/h4,6,9H,2-3,5,7-8H2,1H3. The van der Waals surface area contributed by atoms with Gasteiger partial charge in [0.15, 0.2) is 0 Å². The van der Waals surface area contributed by atoms with Gasteiger partial charge in [-0.05, 0) is 18.4 Å². The minimum Gasteiger partial charge on any atom is -0.469 e. The fourth-order valence-corrected chi connectivity index (χ4v) is 2.65. The molecular weight excluding hydrogens is 270 g/mol. The Hall–Kier alpha value is -0.770. The molecule has 2 rings (SSSR count). The molecule has 0 saturated carbocycles. The minimum absolute atomic E-state index is 0.119. The average molecular weight is 286 g/mol. The molecular formula is C12H16BrNO2. The second kappa shape index (κ2) is 5.04. The molecule has 0 aliphatic carbocycles. The summed E-state index contributed by atoms with van der Waals surface area (Å²) in [5, 5.41) is 0.975. The van der Waals surface area contributed by atoms with Crippen molar-refractivity contribution >= 4 is 21.8 Å². The van der Waals surface area contributed by atoms with Gasteiger partial charge in [0.25, 0.3) is 5.91 Å². The lowest BCUT2D eigenvalue weighted by Gasteiger charge is -2.15. The van der Waals surface area contributed by atoms with Crippen LogP contribution in [-0.4, -0.2) is 29.2 Å². The highest BCUT2D eigenvalue weighted by Gasteiger charge is 2.27. The van der Waals surface area contributed by atoms with E-state index in [0.29, 0.717) is 5.92 Å². The number of likely N-dealkylation sites (tertiary alicyclic amines) is 1. The number of hydrogen-bond acceptors (Lipinski definition) is 2. The van der Waals surface area contributed by atoms with Crippen molar-refractivity contribution in [1.29, 1.82) is 0 Å². The van der Waals surface area contributed by atoms with Crippen LogP contribution in [0.1, 0.15) is 29.5 Å². The first-order valence-electron chi connectivity index (χ1n) is 5.67. The van der Waals surface area contributed by atoms with Gasteiger partial charge in [-0.15, -0.1) is 0 Å². The van der Waals surface area contributed by atoms with E-state index in [9.17, 15) is 4.79 Å². The van der Waals surface area contributed by atoms with Crippen LogP contribution in [-0.2, 0) is 6.42 Å². The fourth-order valence-electron chi connectivity index (χ4n) is 2.12. The number of rotatable bonds is 3. The summed E-state index contributed by atoms with van der Waals surface area (Å²) in [6, 6.07) is 1.78. The van der Waals surface area contributed by atoms with Gasteiger partial charge in [0.1, 0.15) is 5.76 Å². The Morgan fingerprint density at radius 1 is 1.69 bits per heavy atom. The summed E-state index contributed by atoms with van der Waals surface area (Å²) in [6.45, 7) is 3.72. The first-order valence-corrected chi connectivity index (χ1v) is 6.80. The fraction of sp³-hybridized carbons (Fsp3) is 0.583. The maximum absolute atomic E-state index is 12.2. The van der Waals surface area contributed by atoms with E-state index >= 15 is 0 Å². The van der Waals surface area contributed by atoms with Crippen molar-refractivity contribution < 1.29 is 9.21 Å². The molecule has 1 aromatic rings. The summed E-state index contributed by atoms with van der Waals surface area (Å²) in [6.07, 6.45) is 3.46. The minimum atomic E-state index is 0.119. The summed E-state index contributed by atoms with van der Waals surface area (Å²) in [7, 11) is 0. The van der Waals surface area contributed by atoms with Gasteiger partial charge in [-0.1, -0.05) is 22.9 Å². The van der Waals surface area contributed by atoms with Gasteiger partial charge in [0.05, 0.1) is 11.8 Å². The SMILES string of the molecule is CCc1occc1C(=O)N1CCC(CBr)C1. The van der Waals surface area contributed by atoms with Crippen LogP contribution in [0.25, 0.3) is 0 Å². The average Bonchev–Trinajstić information content (AvgIpc) is 2.96. The number of halogens is 1. The molecule has 16 heavy (non-hydrogen) atoms. The Morgan fingerprint density at radius 2 is 2.50 bits per heavy atom. The number of furan rings is 1. The highest BCUT2D eigenvalue weighted by Crippen LogP contribution is 2.22. The zero-order valence-corrected chi connectivity index (χ0v) is 11.0. The molecule has 0 aromatic carbocycles. The predicted octanol–water partition coefficient (Wildman–Crippen LogP) is 2.70. The third-order valence-corrected chi connectivity index (χ3v) is 4.00. The van der Waals surface area contributed by atoms with Gasteiger partial charge in [-0.3, -0.25) is 4.79 Å². The van der Waals surface area contributed by atoms with E-state index < -0.39 is 0 Å². The van der Waals surface area contributed by atoms with Gasteiger partial charge < -0.3 is 9.32 Å². The lowest BCUT2D eigenvalue weighted by molar-refractivity contribution is 0.0786. The van der Waals surface area contributed by atoms with Crippen LogP contribution >= 0.6 is 15.9 Å². The molecule has 2 heterocycles. The maximum Gasteiger partial charge on any atom is 0.257 e.